The molecule has 0 unspecified atom stereocenters. The van der Waals surface area contributed by atoms with Crippen LogP contribution in [-0.2, 0) is 9.59 Å². The Bertz CT molecular complexity index is 906. The van der Waals surface area contributed by atoms with Gasteiger partial charge in [0.15, 0.2) is 0 Å². The van der Waals surface area contributed by atoms with Crippen LogP contribution in [0.15, 0.2) is 46.6 Å². The first-order valence-corrected chi connectivity index (χ1v) is 12.4. The molecule has 0 fully saturated rings. The smallest absolute Gasteiger partial charge is 0.240 e. The number of benzene rings is 2. The van der Waals surface area contributed by atoms with E-state index in [0.717, 1.165) is 38.5 Å². The summed E-state index contributed by atoms with van der Waals surface area (Å²) in [6, 6.07) is 10.3. The Morgan fingerprint density at radius 3 is 1.29 bits per heavy atom. The molecule has 2 rings (SSSR count). The first kappa shape index (κ1) is 28.1. The molecule has 0 spiro atoms. The van der Waals surface area contributed by atoms with Gasteiger partial charge in [-0.2, -0.15) is 10.2 Å². The normalized spacial score (nSPS) is 11.3. The number of hydrogen-bond acceptors (Lipinski definition) is 4. The van der Waals surface area contributed by atoms with Crippen molar-refractivity contribution in [3.05, 3.63) is 67.6 Å². The molecule has 6 nitrogen and oxygen atoms in total. The Balaban J connectivity index is 1.50. The fourth-order valence-corrected chi connectivity index (χ4v) is 3.99. The third kappa shape index (κ3) is 10.4. The SMILES string of the molecule is O=C(CCCCCCCCC(=O)N/N=C\c1c(Cl)cccc1Cl)N/N=C\c1c(Cl)cccc1Cl. The van der Waals surface area contributed by atoms with Gasteiger partial charge in [-0.3, -0.25) is 9.59 Å². The molecule has 0 aliphatic rings. The lowest BCUT2D eigenvalue weighted by molar-refractivity contribution is -0.122. The summed E-state index contributed by atoms with van der Waals surface area (Å²) < 4.78 is 0. The number of rotatable bonds is 13. The zero-order valence-electron chi connectivity index (χ0n) is 18.5. The Morgan fingerprint density at radius 1 is 0.618 bits per heavy atom. The van der Waals surface area contributed by atoms with Crippen molar-refractivity contribution in [2.75, 3.05) is 0 Å². The molecule has 2 aromatic carbocycles. The molecule has 0 saturated heterocycles. The van der Waals surface area contributed by atoms with Crippen molar-refractivity contribution in [3.8, 4) is 0 Å². The van der Waals surface area contributed by atoms with E-state index in [1.165, 1.54) is 12.4 Å². The molecule has 2 N–H and O–H groups in total. The number of hydrogen-bond donors (Lipinski definition) is 2. The molecule has 2 aromatic rings. The van der Waals surface area contributed by atoms with Crippen LogP contribution in [0.4, 0.5) is 0 Å². The molecule has 2 amide bonds. The standard InChI is InChI=1S/C24H26Cl4N4O2/c25-19-9-7-10-20(26)17(19)15-29-31-23(33)13-5-3-1-2-4-6-14-24(34)32-30-16-18-21(27)11-8-12-22(18)28/h7-12,15-16H,1-6,13-14H2,(H,31,33)(H,32,34)/b29-15-,30-16-. The maximum absolute atomic E-state index is 11.9. The largest absolute Gasteiger partial charge is 0.273 e. The number of amides is 2. The van der Waals surface area contributed by atoms with Crippen molar-refractivity contribution >= 4 is 70.6 Å². The fourth-order valence-electron chi connectivity index (χ4n) is 3.00. The fraction of sp³-hybridized carbons (Fsp3) is 0.333. The Hall–Kier alpha value is -2.12. The van der Waals surface area contributed by atoms with E-state index < -0.39 is 0 Å². The molecule has 0 atom stereocenters. The molecule has 0 heterocycles. The third-order valence-corrected chi connectivity index (χ3v) is 6.14. The number of hydrazone groups is 2. The van der Waals surface area contributed by atoms with Crippen molar-refractivity contribution in [1.29, 1.82) is 0 Å². The van der Waals surface area contributed by atoms with Gasteiger partial charge in [-0.15, -0.1) is 0 Å². The predicted molar refractivity (Wildman–Crippen MR) is 141 cm³/mol. The van der Waals surface area contributed by atoms with Crippen LogP contribution in [0.5, 0.6) is 0 Å². The number of carbonyl (C=O) groups excluding carboxylic acids is 2. The molecule has 182 valence electrons. The number of nitrogens with zero attached hydrogens (tertiary/aromatic N) is 2. The Morgan fingerprint density at radius 2 is 0.941 bits per heavy atom. The second-order valence-electron chi connectivity index (χ2n) is 7.48. The number of halogens is 4. The zero-order valence-corrected chi connectivity index (χ0v) is 21.5. The lowest BCUT2D eigenvalue weighted by atomic mass is 10.1. The van der Waals surface area contributed by atoms with Crippen molar-refractivity contribution in [2.45, 2.75) is 51.4 Å². The van der Waals surface area contributed by atoms with Gasteiger partial charge < -0.3 is 0 Å². The lowest BCUT2D eigenvalue weighted by Crippen LogP contribution is -2.17. The van der Waals surface area contributed by atoms with E-state index in [-0.39, 0.29) is 11.8 Å². The maximum Gasteiger partial charge on any atom is 0.240 e. The highest BCUT2D eigenvalue weighted by atomic mass is 35.5. The van der Waals surface area contributed by atoms with Gasteiger partial charge in [0.25, 0.3) is 0 Å². The molecular weight excluding hydrogens is 518 g/mol. The minimum Gasteiger partial charge on any atom is -0.273 e. The van der Waals surface area contributed by atoms with Gasteiger partial charge in [0.2, 0.25) is 11.8 Å². The van der Waals surface area contributed by atoms with Gasteiger partial charge in [-0.1, -0.05) is 84.2 Å². The van der Waals surface area contributed by atoms with Gasteiger partial charge >= 0.3 is 0 Å². The number of carbonyl (C=O) groups is 2. The summed E-state index contributed by atoms with van der Waals surface area (Å²) in [7, 11) is 0. The summed E-state index contributed by atoms with van der Waals surface area (Å²) in [5, 5.41) is 9.70. The minimum absolute atomic E-state index is 0.158. The summed E-state index contributed by atoms with van der Waals surface area (Å²) >= 11 is 24.2. The van der Waals surface area contributed by atoms with E-state index in [0.29, 0.717) is 44.1 Å². The van der Waals surface area contributed by atoms with Gasteiger partial charge in [0, 0.05) is 24.0 Å². The third-order valence-electron chi connectivity index (χ3n) is 4.82. The first-order chi connectivity index (χ1) is 16.4. The van der Waals surface area contributed by atoms with Crippen LogP contribution in [0.3, 0.4) is 0 Å². The average Bonchev–Trinajstić information content (AvgIpc) is 2.79. The number of unbranched alkanes of at least 4 members (excludes halogenated alkanes) is 5. The van der Waals surface area contributed by atoms with Gasteiger partial charge in [-0.25, -0.2) is 10.9 Å². The molecule has 0 radical (unpaired) electrons. The second-order valence-corrected chi connectivity index (χ2v) is 9.11. The highest BCUT2D eigenvalue weighted by Crippen LogP contribution is 2.23. The molecule has 0 bridgehead atoms. The predicted octanol–water partition coefficient (Wildman–Crippen LogP) is 7.02. The van der Waals surface area contributed by atoms with Crippen LogP contribution in [0.1, 0.15) is 62.5 Å². The minimum atomic E-state index is -0.158. The van der Waals surface area contributed by atoms with E-state index in [1.54, 1.807) is 36.4 Å². The molecule has 0 aliphatic heterocycles. The molecule has 10 heteroatoms. The van der Waals surface area contributed by atoms with Crippen LogP contribution in [0.25, 0.3) is 0 Å². The monoisotopic (exact) mass is 542 g/mol. The molecular formula is C24H26Cl4N4O2. The summed E-state index contributed by atoms with van der Waals surface area (Å²) in [6.07, 6.45) is 9.07. The summed E-state index contributed by atoms with van der Waals surface area (Å²) in [5.74, 6) is -0.315. The summed E-state index contributed by atoms with van der Waals surface area (Å²) in [5.41, 5.74) is 6.10. The lowest BCUT2D eigenvalue weighted by Gasteiger charge is -2.03. The highest BCUT2D eigenvalue weighted by molar-refractivity contribution is 6.39. The van der Waals surface area contributed by atoms with E-state index in [2.05, 4.69) is 21.1 Å². The van der Waals surface area contributed by atoms with E-state index in [9.17, 15) is 9.59 Å². The first-order valence-electron chi connectivity index (χ1n) is 10.9. The number of nitrogens with one attached hydrogen (secondary N) is 2. The van der Waals surface area contributed by atoms with Crippen LogP contribution >= 0.6 is 46.4 Å². The summed E-state index contributed by atoms with van der Waals surface area (Å²) in [4.78, 5) is 23.7. The van der Waals surface area contributed by atoms with Crippen LogP contribution in [0.2, 0.25) is 20.1 Å². The second kappa shape index (κ2) is 15.7. The van der Waals surface area contributed by atoms with E-state index >= 15 is 0 Å². The quantitative estimate of drug-likeness (QED) is 0.161. The molecule has 0 aliphatic carbocycles. The van der Waals surface area contributed by atoms with Crippen LogP contribution < -0.4 is 10.9 Å². The van der Waals surface area contributed by atoms with Crippen molar-refractivity contribution in [2.24, 2.45) is 10.2 Å². The summed E-state index contributed by atoms with van der Waals surface area (Å²) in [6.45, 7) is 0. The van der Waals surface area contributed by atoms with Gasteiger partial charge in [0.1, 0.15) is 0 Å². The van der Waals surface area contributed by atoms with Gasteiger partial charge in [-0.05, 0) is 37.1 Å². The Labute approximate surface area is 219 Å². The average molecular weight is 544 g/mol. The van der Waals surface area contributed by atoms with Crippen molar-refractivity contribution < 1.29 is 9.59 Å². The highest BCUT2D eigenvalue weighted by Gasteiger charge is 2.05. The van der Waals surface area contributed by atoms with Crippen LogP contribution in [-0.4, -0.2) is 24.2 Å². The van der Waals surface area contributed by atoms with Gasteiger partial charge in [0.05, 0.1) is 32.5 Å². The van der Waals surface area contributed by atoms with E-state index in [4.69, 9.17) is 46.4 Å². The van der Waals surface area contributed by atoms with Crippen LogP contribution in [0, 0.1) is 0 Å². The molecule has 34 heavy (non-hydrogen) atoms. The molecule has 0 saturated carbocycles. The van der Waals surface area contributed by atoms with Crippen molar-refractivity contribution in [3.63, 3.8) is 0 Å². The maximum atomic E-state index is 11.9. The molecule has 0 aromatic heterocycles. The van der Waals surface area contributed by atoms with Crippen molar-refractivity contribution in [1.82, 2.24) is 10.9 Å². The van der Waals surface area contributed by atoms with E-state index in [1.807, 2.05) is 0 Å². The zero-order chi connectivity index (χ0) is 24.8. The Kier molecular flexibility index (Phi) is 13.0. The topological polar surface area (TPSA) is 82.9 Å².